The van der Waals surface area contributed by atoms with Gasteiger partial charge in [0.2, 0.25) is 5.91 Å². The monoisotopic (exact) mass is 318 g/mol. The second kappa shape index (κ2) is 7.93. The number of likely N-dealkylation sites (N-methyl/N-ethyl adjacent to an activating group) is 1. The van der Waals surface area contributed by atoms with Crippen molar-refractivity contribution < 1.29 is 9.18 Å². The predicted octanol–water partition coefficient (Wildman–Crippen LogP) is 1.69. The zero-order chi connectivity index (χ0) is 16.8. The Labute approximate surface area is 136 Å². The fourth-order valence-corrected chi connectivity index (χ4v) is 2.81. The van der Waals surface area contributed by atoms with Crippen molar-refractivity contribution in [3.05, 3.63) is 29.6 Å². The average molecular weight is 318 g/mol. The number of carbonyl (C=O) groups is 1. The number of halogens is 1. The van der Waals surface area contributed by atoms with Crippen molar-refractivity contribution in [2.45, 2.75) is 13.8 Å². The molecule has 0 radical (unpaired) electrons. The molecule has 0 N–H and O–H groups in total. The molecule has 2 rings (SSSR count). The second-order valence-corrected chi connectivity index (χ2v) is 5.60. The third kappa shape index (κ3) is 4.20. The zero-order valence-electron chi connectivity index (χ0n) is 13.8. The van der Waals surface area contributed by atoms with Gasteiger partial charge < -0.3 is 9.80 Å². The van der Waals surface area contributed by atoms with Crippen LogP contribution in [0.25, 0.3) is 0 Å². The van der Waals surface area contributed by atoms with Gasteiger partial charge in [0, 0.05) is 26.2 Å². The minimum Gasteiger partial charge on any atom is -0.367 e. The third-order valence-electron chi connectivity index (χ3n) is 4.31. The van der Waals surface area contributed by atoms with Gasteiger partial charge in [-0.3, -0.25) is 9.69 Å². The van der Waals surface area contributed by atoms with Crippen LogP contribution in [0, 0.1) is 17.1 Å². The maximum absolute atomic E-state index is 13.2. The summed E-state index contributed by atoms with van der Waals surface area (Å²) >= 11 is 0. The first kappa shape index (κ1) is 17.2. The summed E-state index contributed by atoms with van der Waals surface area (Å²) in [4.78, 5) is 18.3. The van der Waals surface area contributed by atoms with Crippen molar-refractivity contribution in [1.82, 2.24) is 9.80 Å². The van der Waals surface area contributed by atoms with Crippen LogP contribution in [0.4, 0.5) is 10.1 Å². The number of nitriles is 1. The topological polar surface area (TPSA) is 50.6 Å². The third-order valence-corrected chi connectivity index (χ3v) is 4.31. The molecule has 1 heterocycles. The number of hydrogen-bond donors (Lipinski definition) is 0. The van der Waals surface area contributed by atoms with E-state index in [2.05, 4.69) is 4.90 Å². The first-order valence-electron chi connectivity index (χ1n) is 8.03. The molecule has 6 heteroatoms. The Bertz CT molecular complexity index is 587. The van der Waals surface area contributed by atoms with Crippen LogP contribution in [-0.2, 0) is 4.79 Å². The molecule has 23 heavy (non-hydrogen) atoms. The average Bonchev–Trinajstić information content (AvgIpc) is 2.59. The highest BCUT2D eigenvalue weighted by atomic mass is 19.1. The highest BCUT2D eigenvalue weighted by molar-refractivity contribution is 5.78. The number of nitrogens with zero attached hydrogens (tertiary/aromatic N) is 4. The van der Waals surface area contributed by atoms with Gasteiger partial charge in [0.05, 0.1) is 17.8 Å². The van der Waals surface area contributed by atoms with E-state index in [9.17, 15) is 9.18 Å². The lowest BCUT2D eigenvalue weighted by Gasteiger charge is -2.37. The van der Waals surface area contributed by atoms with E-state index >= 15 is 0 Å². The molecule has 1 aliphatic rings. The molecule has 124 valence electrons. The number of carbonyl (C=O) groups excluding carboxylic acids is 1. The van der Waals surface area contributed by atoms with E-state index in [-0.39, 0.29) is 5.91 Å². The smallest absolute Gasteiger partial charge is 0.236 e. The van der Waals surface area contributed by atoms with Crippen LogP contribution in [-0.4, -0.2) is 61.5 Å². The van der Waals surface area contributed by atoms with Crippen molar-refractivity contribution in [3.63, 3.8) is 0 Å². The zero-order valence-corrected chi connectivity index (χ0v) is 13.8. The summed E-state index contributed by atoms with van der Waals surface area (Å²) in [5.74, 6) is -0.258. The Morgan fingerprint density at radius 1 is 1.26 bits per heavy atom. The fourth-order valence-electron chi connectivity index (χ4n) is 2.81. The molecule has 1 aromatic rings. The minimum atomic E-state index is -0.404. The van der Waals surface area contributed by atoms with Gasteiger partial charge in [-0.15, -0.1) is 0 Å². The SMILES string of the molecule is CCN(CC)CC(=O)N1CCN(c2ccc(F)cc2C#N)CC1. The van der Waals surface area contributed by atoms with E-state index in [4.69, 9.17) is 5.26 Å². The molecule has 1 aromatic carbocycles. The van der Waals surface area contributed by atoms with Crippen LogP contribution in [0.2, 0.25) is 0 Å². The number of rotatable bonds is 5. The van der Waals surface area contributed by atoms with Gasteiger partial charge in [-0.1, -0.05) is 13.8 Å². The molecule has 1 amide bonds. The highest BCUT2D eigenvalue weighted by Gasteiger charge is 2.23. The number of anilines is 1. The number of benzene rings is 1. The van der Waals surface area contributed by atoms with Gasteiger partial charge in [0.1, 0.15) is 11.9 Å². The van der Waals surface area contributed by atoms with Crippen molar-refractivity contribution in [2.24, 2.45) is 0 Å². The lowest BCUT2D eigenvalue weighted by atomic mass is 10.1. The van der Waals surface area contributed by atoms with Gasteiger partial charge in [-0.05, 0) is 31.3 Å². The molecule has 0 aliphatic carbocycles. The van der Waals surface area contributed by atoms with Crippen LogP contribution in [0.1, 0.15) is 19.4 Å². The summed E-state index contributed by atoms with van der Waals surface area (Å²) in [6, 6.07) is 6.31. The molecule has 0 atom stereocenters. The standard InChI is InChI=1S/C17H23FN4O/c1-3-20(4-2)13-17(23)22-9-7-21(8-10-22)16-6-5-15(18)11-14(16)12-19/h5-6,11H,3-4,7-10,13H2,1-2H3. The van der Waals surface area contributed by atoms with Gasteiger partial charge in [-0.25, -0.2) is 4.39 Å². The van der Waals surface area contributed by atoms with E-state index in [1.165, 1.54) is 12.1 Å². The largest absolute Gasteiger partial charge is 0.367 e. The summed E-state index contributed by atoms with van der Waals surface area (Å²) in [6.07, 6.45) is 0. The Morgan fingerprint density at radius 2 is 1.91 bits per heavy atom. The maximum Gasteiger partial charge on any atom is 0.236 e. The van der Waals surface area contributed by atoms with E-state index < -0.39 is 5.82 Å². The van der Waals surface area contributed by atoms with E-state index in [0.29, 0.717) is 38.3 Å². The van der Waals surface area contributed by atoms with Crippen molar-refractivity contribution in [2.75, 3.05) is 50.7 Å². The van der Waals surface area contributed by atoms with Crippen LogP contribution in [0.15, 0.2) is 18.2 Å². The Balaban J connectivity index is 1.96. The van der Waals surface area contributed by atoms with Crippen molar-refractivity contribution in [1.29, 1.82) is 5.26 Å². The van der Waals surface area contributed by atoms with Crippen molar-refractivity contribution in [3.8, 4) is 6.07 Å². The molecule has 1 saturated heterocycles. The maximum atomic E-state index is 13.2. The summed E-state index contributed by atoms with van der Waals surface area (Å²) in [7, 11) is 0. The van der Waals surface area contributed by atoms with Crippen LogP contribution >= 0.6 is 0 Å². The lowest BCUT2D eigenvalue weighted by Crippen LogP contribution is -2.51. The first-order chi connectivity index (χ1) is 11.1. The summed E-state index contributed by atoms with van der Waals surface area (Å²) in [5, 5.41) is 9.15. The predicted molar refractivity (Wildman–Crippen MR) is 87.7 cm³/mol. The van der Waals surface area contributed by atoms with Crippen LogP contribution in [0.3, 0.4) is 0 Å². The number of hydrogen-bond acceptors (Lipinski definition) is 4. The van der Waals surface area contributed by atoms with Gasteiger partial charge in [0.15, 0.2) is 0 Å². The molecular weight excluding hydrogens is 295 g/mol. The summed E-state index contributed by atoms with van der Waals surface area (Å²) in [6.45, 7) is 8.85. The quantitative estimate of drug-likeness (QED) is 0.829. The molecule has 0 saturated carbocycles. The normalized spacial score (nSPS) is 14.9. The molecule has 0 bridgehead atoms. The fraction of sp³-hybridized carbons (Fsp3) is 0.529. The van der Waals surface area contributed by atoms with E-state index in [1.54, 1.807) is 6.07 Å². The molecular formula is C17H23FN4O. The van der Waals surface area contributed by atoms with Crippen molar-refractivity contribution >= 4 is 11.6 Å². The summed E-state index contributed by atoms with van der Waals surface area (Å²) in [5.41, 5.74) is 1.08. The van der Waals surface area contributed by atoms with Gasteiger partial charge >= 0.3 is 0 Å². The van der Waals surface area contributed by atoms with E-state index in [0.717, 1.165) is 18.8 Å². The number of piperazine rings is 1. The first-order valence-corrected chi connectivity index (χ1v) is 8.03. The van der Waals surface area contributed by atoms with Gasteiger partial charge in [0.25, 0.3) is 0 Å². The Hall–Kier alpha value is -2.13. The molecule has 0 aromatic heterocycles. The minimum absolute atomic E-state index is 0.146. The Morgan fingerprint density at radius 3 is 2.48 bits per heavy atom. The second-order valence-electron chi connectivity index (χ2n) is 5.60. The Kier molecular flexibility index (Phi) is 5.94. The highest BCUT2D eigenvalue weighted by Crippen LogP contribution is 2.22. The molecule has 0 unspecified atom stereocenters. The van der Waals surface area contributed by atoms with Crippen LogP contribution in [0.5, 0.6) is 0 Å². The lowest BCUT2D eigenvalue weighted by molar-refractivity contribution is -0.132. The summed E-state index contributed by atoms with van der Waals surface area (Å²) < 4.78 is 13.2. The van der Waals surface area contributed by atoms with E-state index in [1.807, 2.05) is 29.7 Å². The molecule has 1 aliphatic heterocycles. The molecule has 0 spiro atoms. The van der Waals surface area contributed by atoms with Gasteiger partial charge in [-0.2, -0.15) is 5.26 Å². The van der Waals surface area contributed by atoms with Crippen LogP contribution < -0.4 is 4.90 Å². The number of amides is 1. The molecule has 1 fully saturated rings. The molecule has 5 nitrogen and oxygen atoms in total.